The fraction of sp³-hybridized carbons (Fsp3) is 0.519. The molecular formula is C27H35Cl2N5O6. The molecule has 1 saturated heterocycles. The summed E-state index contributed by atoms with van der Waals surface area (Å²) >= 11 is 12.6. The highest BCUT2D eigenvalue weighted by atomic mass is 35.5. The van der Waals surface area contributed by atoms with Gasteiger partial charge in [0.05, 0.1) is 26.0 Å². The highest BCUT2D eigenvalue weighted by molar-refractivity contribution is 6.30. The molecule has 2 unspecified atom stereocenters. The number of carbonyl (C=O) groups is 4. The number of alkyl halides is 1. The Bertz CT molecular complexity index is 1130. The van der Waals surface area contributed by atoms with Crippen molar-refractivity contribution >= 4 is 46.9 Å². The van der Waals surface area contributed by atoms with Crippen molar-refractivity contribution in [3.8, 4) is 0 Å². The summed E-state index contributed by atoms with van der Waals surface area (Å²) in [4.78, 5) is 60.7. The minimum absolute atomic E-state index is 0.134. The van der Waals surface area contributed by atoms with Crippen molar-refractivity contribution in [3.63, 3.8) is 0 Å². The number of hydrogen-bond acceptors (Lipinski definition) is 7. The number of piperazine rings is 1. The Morgan fingerprint density at radius 1 is 1.20 bits per heavy atom. The smallest absolute Gasteiger partial charge is 0.325 e. The van der Waals surface area contributed by atoms with Crippen molar-refractivity contribution in [2.24, 2.45) is 0 Å². The lowest BCUT2D eigenvalue weighted by atomic mass is 10.0. The first-order chi connectivity index (χ1) is 19.2. The molecule has 0 aliphatic carbocycles. The first-order valence-corrected chi connectivity index (χ1v) is 13.9. The normalized spacial score (nSPS) is 16.2. The van der Waals surface area contributed by atoms with Crippen LogP contribution < -0.4 is 0 Å². The van der Waals surface area contributed by atoms with Crippen molar-refractivity contribution < 1.29 is 28.7 Å². The Kier molecular flexibility index (Phi) is 12.2. The van der Waals surface area contributed by atoms with Crippen molar-refractivity contribution in [1.82, 2.24) is 24.3 Å². The number of benzene rings is 1. The van der Waals surface area contributed by atoms with Gasteiger partial charge in [0.25, 0.3) is 0 Å². The van der Waals surface area contributed by atoms with Gasteiger partial charge in [-0.2, -0.15) is 0 Å². The second kappa shape index (κ2) is 15.6. The van der Waals surface area contributed by atoms with E-state index in [-0.39, 0.29) is 51.7 Å². The highest BCUT2D eigenvalue weighted by Gasteiger charge is 2.43. The van der Waals surface area contributed by atoms with Gasteiger partial charge >= 0.3 is 5.97 Å². The zero-order valence-corrected chi connectivity index (χ0v) is 24.2. The maximum atomic E-state index is 13.7. The fourth-order valence-corrected chi connectivity index (χ4v) is 4.92. The molecule has 3 amide bonds. The predicted molar refractivity (Wildman–Crippen MR) is 149 cm³/mol. The minimum atomic E-state index is -1.09. The third-order valence-corrected chi connectivity index (χ3v) is 7.15. The van der Waals surface area contributed by atoms with E-state index in [1.807, 2.05) is 4.57 Å². The second-order valence-corrected chi connectivity index (χ2v) is 10.2. The lowest BCUT2D eigenvalue weighted by Crippen LogP contribution is -2.63. The number of hydrogen-bond donors (Lipinski definition) is 0. The largest absolute Gasteiger partial charge is 0.465 e. The average Bonchev–Trinajstić information content (AvgIpc) is 3.44. The first-order valence-electron chi connectivity index (χ1n) is 13.1. The average molecular weight is 597 g/mol. The van der Waals surface area contributed by atoms with Crippen molar-refractivity contribution in [2.45, 2.75) is 44.3 Å². The summed E-state index contributed by atoms with van der Waals surface area (Å²) in [5, 5.41) is 0.573. The Balaban J connectivity index is 1.76. The van der Waals surface area contributed by atoms with Crippen LogP contribution in [0.3, 0.4) is 0 Å². The van der Waals surface area contributed by atoms with Gasteiger partial charge < -0.3 is 28.7 Å². The lowest BCUT2D eigenvalue weighted by Gasteiger charge is -2.42. The van der Waals surface area contributed by atoms with Crippen LogP contribution in [0.15, 0.2) is 43.0 Å². The number of imidazole rings is 1. The molecule has 2 aromatic rings. The second-order valence-electron chi connectivity index (χ2n) is 9.31. The van der Waals surface area contributed by atoms with Gasteiger partial charge in [0.15, 0.2) is 0 Å². The zero-order valence-electron chi connectivity index (χ0n) is 22.7. The van der Waals surface area contributed by atoms with E-state index in [1.54, 1.807) is 49.9 Å². The molecule has 0 N–H and O–H groups in total. The molecule has 0 spiro atoms. The van der Waals surface area contributed by atoms with Crippen LogP contribution >= 0.6 is 23.2 Å². The molecule has 3 rings (SSSR count). The van der Waals surface area contributed by atoms with E-state index in [2.05, 4.69) is 4.98 Å². The van der Waals surface area contributed by atoms with Gasteiger partial charge in [-0.3, -0.25) is 19.2 Å². The number of rotatable bonds is 15. The van der Waals surface area contributed by atoms with E-state index >= 15 is 0 Å². The lowest BCUT2D eigenvalue weighted by molar-refractivity contribution is -0.160. The van der Waals surface area contributed by atoms with Crippen LogP contribution in [0, 0.1) is 0 Å². The number of aryl methyl sites for hydroxylation is 1. The van der Waals surface area contributed by atoms with Gasteiger partial charge in [-0.1, -0.05) is 35.3 Å². The Labute approximate surface area is 243 Å². The molecule has 1 aromatic carbocycles. The molecule has 1 aromatic heterocycles. The number of carbonyl (C=O) groups excluding carboxylic acids is 4. The SMILES string of the molecule is CCOC(=O)CN(CCCn1ccnc1)C(=O)CC1C(=O)N(C(Cl)Cc2ccc(Cl)cc2)CC(=O)N1CCOC. The van der Waals surface area contributed by atoms with Gasteiger partial charge in [0.1, 0.15) is 24.6 Å². The summed E-state index contributed by atoms with van der Waals surface area (Å²) < 4.78 is 12.1. The van der Waals surface area contributed by atoms with Crippen molar-refractivity contribution in [3.05, 3.63) is 53.6 Å². The van der Waals surface area contributed by atoms with Crippen LogP contribution in [-0.4, -0.2) is 106 Å². The van der Waals surface area contributed by atoms with Crippen LogP contribution in [0.2, 0.25) is 5.02 Å². The van der Waals surface area contributed by atoms with E-state index in [0.717, 1.165) is 5.56 Å². The number of esters is 1. The predicted octanol–water partition coefficient (Wildman–Crippen LogP) is 2.20. The number of amides is 3. The molecule has 2 heterocycles. The molecule has 0 radical (unpaired) electrons. The summed E-state index contributed by atoms with van der Waals surface area (Å²) in [6, 6.07) is 5.97. The third kappa shape index (κ3) is 8.94. The van der Waals surface area contributed by atoms with Crippen molar-refractivity contribution in [2.75, 3.05) is 46.5 Å². The summed E-state index contributed by atoms with van der Waals surface area (Å²) in [5.41, 5.74) is 0.0307. The Hall–Kier alpha value is -3.15. The minimum Gasteiger partial charge on any atom is -0.465 e. The van der Waals surface area contributed by atoms with Crippen LogP contribution in [0.4, 0.5) is 0 Å². The van der Waals surface area contributed by atoms with Gasteiger partial charge in [-0.25, -0.2) is 4.98 Å². The van der Waals surface area contributed by atoms with Crippen LogP contribution in [0.25, 0.3) is 0 Å². The molecule has 218 valence electrons. The number of methoxy groups -OCH3 is 1. The summed E-state index contributed by atoms with van der Waals surface area (Å²) in [6.07, 6.45) is 5.66. The summed E-state index contributed by atoms with van der Waals surface area (Å²) in [7, 11) is 1.49. The van der Waals surface area contributed by atoms with Crippen LogP contribution in [0.1, 0.15) is 25.3 Å². The molecule has 13 heteroatoms. The summed E-state index contributed by atoms with van der Waals surface area (Å²) in [5.74, 6) is -1.77. The molecule has 2 atom stereocenters. The molecule has 0 bridgehead atoms. The standard InChI is InChI=1S/C27H35Cl2N5O6/c1-3-40-26(37)18-32(11-4-10-31-12-9-30-19-31)24(35)16-22-27(38)34(17-25(36)33(22)13-14-39-2)23(29)15-20-5-7-21(28)8-6-20/h5-9,12,19,22-23H,3-4,10-11,13-18H2,1-2H3. The van der Waals surface area contributed by atoms with E-state index in [0.29, 0.717) is 24.4 Å². The Morgan fingerprint density at radius 3 is 2.60 bits per heavy atom. The molecule has 1 aliphatic rings. The van der Waals surface area contributed by atoms with Gasteiger partial charge in [-0.15, -0.1) is 0 Å². The topological polar surface area (TPSA) is 114 Å². The van der Waals surface area contributed by atoms with E-state index in [1.165, 1.54) is 21.8 Å². The quantitative estimate of drug-likeness (QED) is 0.176. The number of nitrogens with zero attached hydrogens (tertiary/aromatic N) is 5. The molecule has 0 saturated carbocycles. The van der Waals surface area contributed by atoms with Gasteiger partial charge in [0.2, 0.25) is 17.7 Å². The fourth-order valence-electron chi connectivity index (χ4n) is 4.46. The zero-order chi connectivity index (χ0) is 29.1. The summed E-state index contributed by atoms with van der Waals surface area (Å²) in [6.45, 7) is 2.54. The molecule has 1 aliphatic heterocycles. The van der Waals surface area contributed by atoms with Gasteiger partial charge in [-0.05, 0) is 31.0 Å². The van der Waals surface area contributed by atoms with Crippen molar-refractivity contribution in [1.29, 1.82) is 0 Å². The Morgan fingerprint density at radius 2 is 1.95 bits per heavy atom. The van der Waals surface area contributed by atoms with E-state index in [4.69, 9.17) is 32.7 Å². The molecule has 11 nitrogen and oxygen atoms in total. The van der Waals surface area contributed by atoms with Crippen LogP contribution in [-0.2, 0) is 41.6 Å². The molecule has 1 fully saturated rings. The molecular weight excluding hydrogens is 561 g/mol. The monoisotopic (exact) mass is 595 g/mol. The van der Waals surface area contributed by atoms with E-state index < -0.39 is 29.3 Å². The first kappa shape index (κ1) is 31.4. The van der Waals surface area contributed by atoms with E-state index in [9.17, 15) is 19.2 Å². The maximum absolute atomic E-state index is 13.7. The van der Waals surface area contributed by atoms with Gasteiger partial charge in [0, 0.05) is 50.6 Å². The number of ether oxygens (including phenoxy) is 2. The number of aromatic nitrogens is 2. The van der Waals surface area contributed by atoms with Crippen LogP contribution in [0.5, 0.6) is 0 Å². The third-order valence-electron chi connectivity index (χ3n) is 6.51. The maximum Gasteiger partial charge on any atom is 0.325 e. The highest BCUT2D eigenvalue weighted by Crippen LogP contribution is 2.23. The number of halogens is 2. The molecule has 40 heavy (non-hydrogen) atoms.